The number of hydrogen-bond donors (Lipinski definition) is 0. The Morgan fingerprint density at radius 1 is 1.37 bits per heavy atom. The largest absolute Gasteiger partial charge is 0.492 e. The van der Waals surface area contributed by atoms with Crippen molar-refractivity contribution in [3.05, 3.63) is 45.4 Å². The molecule has 0 N–H and O–H groups in total. The molecule has 0 fully saturated rings. The molecular weight excluding hydrogens is 311 g/mol. The SMILES string of the molecule is Cc1nn(C)c(C)c1CCOc1cc(F)ccc1Br. The van der Waals surface area contributed by atoms with Crippen LogP contribution in [0.15, 0.2) is 22.7 Å². The lowest BCUT2D eigenvalue weighted by molar-refractivity contribution is 0.317. The van der Waals surface area contributed by atoms with Crippen molar-refractivity contribution in [3.8, 4) is 5.75 Å². The first kappa shape index (κ1) is 14.1. The molecule has 1 heterocycles. The molecule has 3 nitrogen and oxygen atoms in total. The van der Waals surface area contributed by atoms with Crippen molar-refractivity contribution in [3.63, 3.8) is 0 Å². The van der Waals surface area contributed by atoms with Gasteiger partial charge in [0.25, 0.3) is 0 Å². The van der Waals surface area contributed by atoms with Crippen LogP contribution in [0.1, 0.15) is 17.0 Å². The lowest BCUT2D eigenvalue weighted by Gasteiger charge is -2.08. The molecule has 0 spiro atoms. The highest BCUT2D eigenvalue weighted by Crippen LogP contribution is 2.25. The minimum atomic E-state index is -0.299. The molecular formula is C14H16BrFN2O. The Hall–Kier alpha value is -1.36. The van der Waals surface area contributed by atoms with Gasteiger partial charge in [-0.3, -0.25) is 4.68 Å². The van der Waals surface area contributed by atoms with Gasteiger partial charge < -0.3 is 4.74 Å². The minimum Gasteiger partial charge on any atom is -0.492 e. The number of benzene rings is 1. The zero-order chi connectivity index (χ0) is 14.0. The second-order valence-corrected chi connectivity index (χ2v) is 5.30. The summed E-state index contributed by atoms with van der Waals surface area (Å²) in [5, 5.41) is 4.36. The fourth-order valence-electron chi connectivity index (χ4n) is 2.03. The Morgan fingerprint density at radius 2 is 2.11 bits per heavy atom. The zero-order valence-corrected chi connectivity index (χ0v) is 12.8. The van der Waals surface area contributed by atoms with Gasteiger partial charge in [-0.15, -0.1) is 0 Å². The summed E-state index contributed by atoms with van der Waals surface area (Å²) in [7, 11) is 1.93. The highest BCUT2D eigenvalue weighted by atomic mass is 79.9. The quantitative estimate of drug-likeness (QED) is 0.859. The summed E-state index contributed by atoms with van der Waals surface area (Å²) in [5.74, 6) is 0.228. The lowest BCUT2D eigenvalue weighted by Crippen LogP contribution is -2.04. The molecule has 0 radical (unpaired) electrons. The van der Waals surface area contributed by atoms with E-state index in [1.54, 1.807) is 6.07 Å². The van der Waals surface area contributed by atoms with E-state index >= 15 is 0 Å². The third kappa shape index (κ3) is 3.15. The maximum Gasteiger partial charge on any atom is 0.136 e. The van der Waals surface area contributed by atoms with Crippen LogP contribution in [0.25, 0.3) is 0 Å². The summed E-state index contributed by atoms with van der Waals surface area (Å²) in [4.78, 5) is 0. The fraction of sp³-hybridized carbons (Fsp3) is 0.357. The fourth-order valence-corrected chi connectivity index (χ4v) is 2.39. The monoisotopic (exact) mass is 326 g/mol. The van der Waals surface area contributed by atoms with Crippen molar-refractivity contribution in [2.45, 2.75) is 20.3 Å². The predicted molar refractivity (Wildman–Crippen MR) is 76.0 cm³/mol. The van der Waals surface area contributed by atoms with Gasteiger partial charge in [-0.05, 0) is 47.5 Å². The molecule has 0 amide bonds. The van der Waals surface area contributed by atoms with Gasteiger partial charge in [0.2, 0.25) is 0 Å². The first-order valence-electron chi connectivity index (χ1n) is 6.06. The molecule has 0 unspecified atom stereocenters. The third-order valence-corrected chi connectivity index (χ3v) is 3.82. The van der Waals surface area contributed by atoms with Crippen LogP contribution in [0.4, 0.5) is 4.39 Å². The molecule has 0 aliphatic heterocycles. The van der Waals surface area contributed by atoms with Crippen LogP contribution in [0.5, 0.6) is 5.75 Å². The second-order valence-electron chi connectivity index (χ2n) is 4.45. The van der Waals surface area contributed by atoms with Crippen LogP contribution >= 0.6 is 15.9 Å². The van der Waals surface area contributed by atoms with Crippen molar-refractivity contribution < 1.29 is 9.13 Å². The molecule has 19 heavy (non-hydrogen) atoms. The van der Waals surface area contributed by atoms with Gasteiger partial charge in [-0.2, -0.15) is 5.10 Å². The molecule has 0 bridgehead atoms. The number of aromatic nitrogens is 2. The van der Waals surface area contributed by atoms with Crippen LogP contribution in [-0.2, 0) is 13.5 Å². The highest BCUT2D eigenvalue weighted by molar-refractivity contribution is 9.10. The zero-order valence-electron chi connectivity index (χ0n) is 11.2. The number of nitrogens with zero attached hydrogens (tertiary/aromatic N) is 2. The molecule has 1 aromatic heterocycles. The van der Waals surface area contributed by atoms with E-state index in [2.05, 4.69) is 21.0 Å². The number of rotatable bonds is 4. The first-order valence-corrected chi connectivity index (χ1v) is 6.85. The Morgan fingerprint density at radius 3 is 2.74 bits per heavy atom. The Labute approximate surface area is 120 Å². The van der Waals surface area contributed by atoms with Gasteiger partial charge in [-0.1, -0.05) is 0 Å². The molecule has 0 saturated carbocycles. The van der Waals surface area contributed by atoms with E-state index in [0.717, 1.165) is 22.3 Å². The average molecular weight is 327 g/mol. The molecule has 102 valence electrons. The maximum atomic E-state index is 13.1. The maximum absolute atomic E-state index is 13.1. The Kier molecular flexibility index (Phi) is 4.24. The summed E-state index contributed by atoms with van der Waals surface area (Å²) in [6.45, 7) is 4.52. The van der Waals surface area contributed by atoms with E-state index in [1.807, 2.05) is 25.6 Å². The van der Waals surface area contributed by atoms with Crippen LogP contribution < -0.4 is 4.74 Å². The lowest BCUT2D eigenvalue weighted by atomic mass is 10.1. The first-order chi connectivity index (χ1) is 8.99. The summed E-state index contributed by atoms with van der Waals surface area (Å²) in [6, 6.07) is 4.42. The molecule has 0 atom stereocenters. The van der Waals surface area contributed by atoms with Crippen LogP contribution in [-0.4, -0.2) is 16.4 Å². The second kappa shape index (κ2) is 5.74. The van der Waals surface area contributed by atoms with Crippen LogP contribution in [0, 0.1) is 19.7 Å². The Bertz CT molecular complexity index is 595. The molecule has 1 aromatic carbocycles. The van der Waals surface area contributed by atoms with E-state index in [0.29, 0.717) is 12.4 Å². The van der Waals surface area contributed by atoms with Gasteiger partial charge in [0.05, 0.1) is 16.8 Å². The van der Waals surface area contributed by atoms with E-state index in [9.17, 15) is 4.39 Å². The molecule has 0 aliphatic rings. The predicted octanol–water partition coefficient (Wildman–Crippen LogP) is 3.56. The highest BCUT2D eigenvalue weighted by Gasteiger charge is 2.10. The minimum absolute atomic E-state index is 0.299. The van der Waals surface area contributed by atoms with Gasteiger partial charge in [0.1, 0.15) is 11.6 Å². The molecule has 5 heteroatoms. The van der Waals surface area contributed by atoms with Gasteiger partial charge in [0, 0.05) is 25.2 Å². The summed E-state index contributed by atoms with van der Waals surface area (Å²) in [6.07, 6.45) is 0.758. The van der Waals surface area contributed by atoms with Crippen molar-refractivity contribution >= 4 is 15.9 Å². The van der Waals surface area contributed by atoms with Crippen molar-refractivity contribution in [2.24, 2.45) is 7.05 Å². The summed E-state index contributed by atoms with van der Waals surface area (Å²) < 4.78 is 21.4. The van der Waals surface area contributed by atoms with Crippen molar-refractivity contribution in [1.29, 1.82) is 0 Å². The van der Waals surface area contributed by atoms with Gasteiger partial charge in [-0.25, -0.2) is 4.39 Å². The van der Waals surface area contributed by atoms with Crippen LogP contribution in [0.3, 0.4) is 0 Å². The van der Waals surface area contributed by atoms with Crippen molar-refractivity contribution in [1.82, 2.24) is 9.78 Å². The normalized spacial score (nSPS) is 10.8. The smallest absolute Gasteiger partial charge is 0.136 e. The third-order valence-electron chi connectivity index (χ3n) is 3.16. The summed E-state index contributed by atoms with van der Waals surface area (Å²) in [5.41, 5.74) is 3.34. The molecule has 2 rings (SSSR count). The topological polar surface area (TPSA) is 27.1 Å². The van der Waals surface area contributed by atoms with E-state index in [4.69, 9.17) is 4.74 Å². The number of halogens is 2. The molecule has 0 saturated heterocycles. The standard InChI is InChI=1S/C14H16BrFN2O/c1-9-12(10(2)18(3)17-9)6-7-19-14-8-11(16)4-5-13(14)15/h4-5,8H,6-7H2,1-3H3. The average Bonchev–Trinajstić information content (AvgIpc) is 2.60. The van der Waals surface area contributed by atoms with Gasteiger partial charge in [0.15, 0.2) is 0 Å². The van der Waals surface area contributed by atoms with E-state index in [-0.39, 0.29) is 5.82 Å². The van der Waals surface area contributed by atoms with Crippen molar-refractivity contribution in [2.75, 3.05) is 6.61 Å². The Balaban J connectivity index is 2.02. The number of ether oxygens (including phenoxy) is 1. The number of hydrogen-bond acceptors (Lipinski definition) is 2. The van der Waals surface area contributed by atoms with E-state index < -0.39 is 0 Å². The van der Waals surface area contributed by atoms with Crippen LogP contribution in [0.2, 0.25) is 0 Å². The van der Waals surface area contributed by atoms with Gasteiger partial charge >= 0.3 is 0 Å². The molecule has 0 aliphatic carbocycles. The molecule has 2 aromatic rings. The summed E-state index contributed by atoms with van der Waals surface area (Å²) >= 11 is 3.34. The number of aryl methyl sites for hydroxylation is 2. The van der Waals surface area contributed by atoms with E-state index in [1.165, 1.54) is 17.7 Å².